The SMILES string of the molecule is COc1ccc(Cn2c(SCc3ccc(C(=O)NCc4cccc(C)c4)cc3)nc3cccnc32)cc1. The number of fused-ring (bicyclic) bond motifs is 1. The third kappa shape index (κ3) is 6.01. The molecule has 6 nitrogen and oxygen atoms in total. The Morgan fingerprint density at radius 2 is 1.73 bits per heavy atom. The van der Waals surface area contributed by atoms with Gasteiger partial charge in [0.25, 0.3) is 5.91 Å². The fraction of sp³-hybridized carbons (Fsp3) is 0.167. The molecule has 0 atom stereocenters. The van der Waals surface area contributed by atoms with Crippen molar-refractivity contribution in [2.45, 2.75) is 30.9 Å². The minimum atomic E-state index is -0.0759. The Hall–Kier alpha value is -4.10. The van der Waals surface area contributed by atoms with Crippen molar-refractivity contribution in [2.24, 2.45) is 0 Å². The first-order chi connectivity index (χ1) is 18.1. The number of rotatable bonds is 9. The molecule has 5 rings (SSSR count). The van der Waals surface area contributed by atoms with Crippen molar-refractivity contribution in [2.75, 3.05) is 7.11 Å². The van der Waals surface area contributed by atoms with Crippen molar-refractivity contribution in [1.82, 2.24) is 19.9 Å². The van der Waals surface area contributed by atoms with Crippen LogP contribution in [0.25, 0.3) is 11.2 Å². The van der Waals surface area contributed by atoms with Gasteiger partial charge in [0.2, 0.25) is 0 Å². The smallest absolute Gasteiger partial charge is 0.251 e. The molecule has 0 fully saturated rings. The molecule has 0 aliphatic heterocycles. The number of aryl methyl sites for hydroxylation is 1. The number of carbonyl (C=O) groups excluding carboxylic acids is 1. The number of benzene rings is 3. The zero-order chi connectivity index (χ0) is 25.6. The van der Waals surface area contributed by atoms with Crippen LogP contribution in [-0.4, -0.2) is 27.6 Å². The first kappa shape index (κ1) is 24.6. The van der Waals surface area contributed by atoms with E-state index >= 15 is 0 Å². The maximum absolute atomic E-state index is 12.6. The lowest BCUT2D eigenvalue weighted by molar-refractivity contribution is 0.0951. The van der Waals surface area contributed by atoms with E-state index < -0.39 is 0 Å². The molecule has 1 N–H and O–H groups in total. The van der Waals surface area contributed by atoms with Gasteiger partial charge < -0.3 is 10.1 Å². The van der Waals surface area contributed by atoms with E-state index in [1.807, 2.05) is 73.7 Å². The molecule has 186 valence electrons. The summed E-state index contributed by atoms with van der Waals surface area (Å²) in [4.78, 5) is 22.0. The number of hydrogen-bond acceptors (Lipinski definition) is 5. The number of methoxy groups -OCH3 is 1. The number of amides is 1. The minimum Gasteiger partial charge on any atom is -0.497 e. The Labute approximate surface area is 220 Å². The van der Waals surface area contributed by atoms with Crippen LogP contribution in [0, 0.1) is 6.92 Å². The lowest BCUT2D eigenvalue weighted by Gasteiger charge is -2.10. The van der Waals surface area contributed by atoms with Crippen molar-refractivity contribution in [3.63, 3.8) is 0 Å². The number of nitrogens with one attached hydrogen (secondary N) is 1. The van der Waals surface area contributed by atoms with Crippen molar-refractivity contribution < 1.29 is 9.53 Å². The average Bonchev–Trinajstić information content (AvgIpc) is 3.28. The molecule has 0 bridgehead atoms. The number of carbonyl (C=O) groups is 1. The molecule has 7 heteroatoms. The first-order valence-corrected chi connectivity index (χ1v) is 13.1. The number of thioether (sulfide) groups is 1. The molecule has 0 aliphatic carbocycles. The largest absolute Gasteiger partial charge is 0.497 e. The molecular weight excluding hydrogens is 480 g/mol. The van der Waals surface area contributed by atoms with Crippen molar-refractivity contribution in [3.05, 3.63) is 119 Å². The number of nitrogens with zero attached hydrogens (tertiary/aromatic N) is 3. The molecule has 0 spiro atoms. The van der Waals surface area contributed by atoms with Crippen LogP contribution in [0.3, 0.4) is 0 Å². The molecule has 2 aromatic heterocycles. The van der Waals surface area contributed by atoms with E-state index in [4.69, 9.17) is 9.72 Å². The number of ether oxygens (including phenoxy) is 1. The average molecular weight is 509 g/mol. The van der Waals surface area contributed by atoms with Crippen LogP contribution in [0.15, 0.2) is 96.3 Å². The fourth-order valence-electron chi connectivity index (χ4n) is 4.11. The zero-order valence-electron chi connectivity index (χ0n) is 20.8. The standard InChI is InChI=1S/C30H28N4O2S/c1-21-5-3-6-24(17-21)18-32-29(35)25-12-8-23(9-13-25)20-37-30-33-27-7-4-16-31-28(27)34(30)19-22-10-14-26(36-2)15-11-22/h3-17H,18-20H2,1-2H3,(H,32,35). The van der Waals surface area contributed by atoms with E-state index in [1.165, 1.54) is 5.56 Å². The van der Waals surface area contributed by atoms with Crippen LogP contribution in [0.2, 0.25) is 0 Å². The Balaban J connectivity index is 1.26. The number of hydrogen-bond donors (Lipinski definition) is 1. The van der Waals surface area contributed by atoms with Crippen LogP contribution >= 0.6 is 11.8 Å². The topological polar surface area (TPSA) is 69.0 Å². The molecule has 2 heterocycles. The van der Waals surface area contributed by atoms with Gasteiger partial charge >= 0.3 is 0 Å². The van der Waals surface area contributed by atoms with Crippen LogP contribution in [-0.2, 0) is 18.8 Å². The summed E-state index contributed by atoms with van der Waals surface area (Å²) in [5.74, 6) is 1.49. The zero-order valence-corrected chi connectivity index (χ0v) is 21.7. The lowest BCUT2D eigenvalue weighted by atomic mass is 10.1. The highest BCUT2D eigenvalue weighted by atomic mass is 32.2. The van der Waals surface area contributed by atoms with Gasteiger partial charge in [-0.05, 0) is 60.0 Å². The van der Waals surface area contributed by atoms with Crippen LogP contribution < -0.4 is 10.1 Å². The summed E-state index contributed by atoms with van der Waals surface area (Å²) in [6, 6.07) is 27.9. The summed E-state index contributed by atoms with van der Waals surface area (Å²) >= 11 is 1.66. The van der Waals surface area contributed by atoms with E-state index in [9.17, 15) is 4.79 Å². The van der Waals surface area contributed by atoms with Gasteiger partial charge in [-0.25, -0.2) is 9.97 Å². The maximum atomic E-state index is 12.6. The van der Waals surface area contributed by atoms with Crippen LogP contribution in [0.1, 0.15) is 32.6 Å². The van der Waals surface area contributed by atoms with Gasteiger partial charge in [0.15, 0.2) is 10.8 Å². The highest BCUT2D eigenvalue weighted by molar-refractivity contribution is 7.98. The molecular formula is C30H28N4O2S. The highest BCUT2D eigenvalue weighted by Crippen LogP contribution is 2.27. The van der Waals surface area contributed by atoms with Gasteiger partial charge in [-0.1, -0.05) is 65.9 Å². The van der Waals surface area contributed by atoms with E-state index in [-0.39, 0.29) is 5.91 Å². The molecule has 0 aliphatic rings. The molecule has 0 saturated carbocycles. The van der Waals surface area contributed by atoms with Crippen molar-refractivity contribution in [3.8, 4) is 5.75 Å². The van der Waals surface area contributed by atoms with Crippen molar-refractivity contribution in [1.29, 1.82) is 0 Å². The van der Waals surface area contributed by atoms with E-state index in [0.717, 1.165) is 44.5 Å². The fourth-order valence-corrected chi connectivity index (χ4v) is 5.07. The number of pyridine rings is 1. The molecule has 0 radical (unpaired) electrons. The van der Waals surface area contributed by atoms with Gasteiger partial charge in [0, 0.05) is 24.1 Å². The second-order valence-corrected chi connectivity index (χ2v) is 9.77. The summed E-state index contributed by atoms with van der Waals surface area (Å²) in [6.45, 7) is 3.23. The molecule has 5 aromatic rings. The molecule has 37 heavy (non-hydrogen) atoms. The summed E-state index contributed by atoms with van der Waals surface area (Å²) < 4.78 is 7.43. The van der Waals surface area contributed by atoms with Gasteiger partial charge in [-0.15, -0.1) is 0 Å². The van der Waals surface area contributed by atoms with Gasteiger partial charge in [-0.3, -0.25) is 9.36 Å². The predicted molar refractivity (Wildman–Crippen MR) is 148 cm³/mol. The van der Waals surface area contributed by atoms with E-state index in [1.54, 1.807) is 25.1 Å². The molecule has 3 aromatic carbocycles. The van der Waals surface area contributed by atoms with Crippen LogP contribution in [0.4, 0.5) is 0 Å². The van der Waals surface area contributed by atoms with Gasteiger partial charge in [-0.2, -0.15) is 0 Å². The first-order valence-electron chi connectivity index (χ1n) is 12.1. The van der Waals surface area contributed by atoms with Crippen molar-refractivity contribution >= 4 is 28.8 Å². The quantitative estimate of drug-likeness (QED) is 0.247. The Bertz CT molecular complexity index is 1510. The van der Waals surface area contributed by atoms with Crippen LogP contribution in [0.5, 0.6) is 5.75 Å². The van der Waals surface area contributed by atoms with Gasteiger partial charge in [0.1, 0.15) is 11.3 Å². The Kier molecular flexibility index (Phi) is 7.51. The minimum absolute atomic E-state index is 0.0759. The number of imidazole rings is 1. The third-order valence-corrected chi connectivity index (χ3v) is 7.14. The lowest BCUT2D eigenvalue weighted by Crippen LogP contribution is -2.22. The monoisotopic (exact) mass is 508 g/mol. The Morgan fingerprint density at radius 1 is 0.946 bits per heavy atom. The Morgan fingerprint density at radius 3 is 2.49 bits per heavy atom. The normalized spacial score (nSPS) is 11.0. The second-order valence-electron chi connectivity index (χ2n) is 8.83. The summed E-state index contributed by atoms with van der Waals surface area (Å²) in [5, 5.41) is 3.91. The summed E-state index contributed by atoms with van der Waals surface area (Å²) in [7, 11) is 1.67. The molecule has 0 saturated heterocycles. The number of aromatic nitrogens is 3. The van der Waals surface area contributed by atoms with Gasteiger partial charge in [0.05, 0.1) is 13.7 Å². The summed E-state index contributed by atoms with van der Waals surface area (Å²) in [6.07, 6.45) is 1.80. The van der Waals surface area contributed by atoms with E-state index in [0.29, 0.717) is 18.7 Å². The second kappa shape index (κ2) is 11.3. The van der Waals surface area contributed by atoms with E-state index in [2.05, 4.69) is 33.1 Å². The molecule has 0 unspecified atom stereocenters. The maximum Gasteiger partial charge on any atom is 0.251 e. The molecule has 1 amide bonds. The predicted octanol–water partition coefficient (Wildman–Crippen LogP) is 6.02. The summed E-state index contributed by atoms with van der Waals surface area (Å²) in [5.41, 5.74) is 6.93. The highest BCUT2D eigenvalue weighted by Gasteiger charge is 2.13. The third-order valence-electron chi connectivity index (χ3n) is 6.09.